The average molecular weight is 228 g/mol. The lowest BCUT2D eigenvalue weighted by Crippen LogP contribution is -3.00. The Morgan fingerprint density at radius 2 is 1.67 bits per heavy atom. The fourth-order valence-electron chi connectivity index (χ4n) is 0.455. The lowest BCUT2D eigenvalue weighted by molar-refractivity contribution is -0.134. The van der Waals surface area contributed by atoms with Crippen molar-refractivity contribution < 1.29 is 38.5 Å². The molecule has 0 radical (unpaired) electrons. The van der Waals surface area contributed by atoms with E-state index < -0.39 is 34.9 Å². The van der Waals surface area contributed by atoms with Crippen molar-refractivity contribution in [3.05, 3.63) is 0 Å². The molecule has 0 atom stereocenters. The third-order valence-corrected chi connectivity index (χ3v) is 1.67. The average Bonchev–Trinajstić information content (AvgIpc) is 1.55. The molecule has 0 bridgehead atoms. The maximum Gasteiger partial charge on any atom is 0.389 e. The molecule has 0 aromatic heterocycles. The fraction of sp³-hybridized carbons (Fsp3) is 1.00. The molecule has 0 rings (SSSR count). The Bertz CT molecular complexity index is 210. The minimum atomic E-state index is -4.36. The van der Waals surface area contributed by atoms with Crippen molar-refractivity contribution in [1.82, 2.24) is 0 Å². The highest BCUT2D eigenvalue weighted by Gasteiger charge is 2.26. The van der Waals surface area contributed by atoms with Gasteiger partial charge in [0, 0.05) is 6.42 Å². The molecular formula is C4H7ClF3O3S-. The Morgan fingerprint density at radius 1 is 1.25 bits per heavy atom. The van der Waals surface area contributed by atoms with E-state index in [4.69, 9.17) is 4.55 Å². The van der Waals surface area contributed by atoms with Crippen molar-refractivity contribution in [3.8, 4) is 0 Å². The van der Waals surface area contributed by atoms with Gasteiger partial charge in [0.2, 0.25) is 0 Å². The van der Waals surface area contributed by atoms with Crippen LogP contribution in [0.2, 0.25) is 0 Å². The van der Waals surface area contributed by atoms with E-state index in [9.17, 15) is 21.6 Å². The quantitative estimate of drug-likeness (QED) is 0.580. The van der Waals surface area contributed by atoms with Crippen molar-refractivity contribution >= 4 is 10.1 Å². The molecule has 0 aliphatic rings. The van der Waals surface area contributed by atoms with Gasteiger partial charge in [-0.1, -0.05) is 0 Å². The standard InChI is InChI=1S/C4H7F3O3S.ClH/c5-4(6,7)2-1-3-11(8,9)10;/h1-3H2,(H,8,9,10);1H/p-1. The highest BCUT2D eigenvalue weighted by Crippen LogP contribution is 2.21. The molecule has 0 heterocycles. The van der Waals surface area contributed by atoms with E-state index in [1.165, 1.54) is 0 Å². The van der Waals surface area contributed by atoms with Gasteiger partial charge in [-0.05, 0) is 6.42 Å². The molecule has 0 saturated carbocycles. The van der Waals surface area contributed by atoms with Gasteiger partial charge in [-0.3, -0.25) is 4.55 Å². The molecule has 0 unspecified atom stereocenters. The van der Waals surface area contributed by atoms with E-state index in [1.54, 1.807) is 0 Å². The van der Waals surface area contributed by atoms with Gasteiger partial charge in [-0.2, -0.15) is 21.6 Å². The monoisotopic (exact) mass is 227 g/mol. The first kappa shape index (κ1) is 14.5. The molecule has 1 N–H and O–H groups in total. The van der Waals surface area contributed by atoms with Gasteiger partial charge in [0.15, 0.2) is 0 Å². The Kier molecular flexibility index (Phi) is 5.90. The second-order valence-electron chi connectivity index (χ2n) is 2.00. The molecule has 76 valence electrons. The zero-order chi connectivity index (χ0) is 9.12. The minimum Gasteiger partial charge on any atom is -1.00 e. The fourth-order valence-corrected chi connectivity index (χ4v) is 0.964. The van der Waals surface area contributed by atoms with Crippen LogP contribution < -0.4 is 12.4 Å². The predicted molar refractivity (Wildman–Crippen MR) is 31.7 cm³/mol. The van der Waals surface area contributed by atoms with Gasteiger partial charge in [-0.15, -0.1) is 0 Å². The summed E-state index contributed by atoms with van der Waals surface area (Å²) in [7, 11) is -4.25. The first-order valence-corrected chi connectivity index (χ1v) is 4.33. The zero-order valence-corrected chi connectivity index (χ0v) is 7.38. The van der Waals surface area contributed by atoms with Gasteiger partial charge in [0.05, 0.1) is 5.75 Å². The Hall–Kier alpha value is -0.0100. The van der Waals surface area contributed by atoms with Crippen molar-refractivity contribution in [2.75, 3.05) is 5.75 Å². The molecule has 8 heteroatoms. The van der Waals surface area contributed by atoms with Crippen LogP contribution in [0.4, 0.5) is 13.2 Å². The SMILES string of the molecule is O=S(=O)(O)CCCC(F)(F)F.[Cl-]. The number of alkyl halides is 3. The van der Waals surface area contributed by atoms with Crippen molar-refractivity contribution in [3.63, 3.8) is 0 Å². The van der Waals surface area contributed by atoms with Gasteiger partial charge in [-0.25, -0.2) is 0 Å². The molecule has 0 saturated heterocycles. The smallest absolute Gasteiger partial charge is 0.389 e. The Balaban J connectivity index is 0. The number of hydrogen-bond acceptors (Lipinski definition) is 2. The predicted octanol–water partition coefficient (Wildman–Crippen LogP) is -1.78. The molecule has 3 nitrogen and oxygen atoms in total. The molecule has 0 aliphatic heterocycles. The lowest BCUT2D eigenvalue weighted by Gasteiger charge is -2.03. The van der Waals surface area contributed by atoms with Crippen LogP contribution in [0.1, 0.15) is 12.8 Å². The molecule has 0 aliphatic carbocycles. The maximum absolute atomic E-state index is 11.4. The highest BCUT2D eigenvalue weighted by atomic mass is 35.5. The summed E-state index contributed by atoms with van der Waals surface area (Å²) in [5, 5.41) is 0. The first-order chi connectivity index (χ1) is 4.71. The van der Waals surface area contributed by atoms with Crippen LogP contribution >= 0.6 is 0 Å². The van der Waals surface area contributed by atoms with Crippen LogP contribution in [-0.4, -0.2) is 24.9 Å². The summed E-state index contributed by atoms with van der Waals surface area (Å²) in [6, 6.07) is 0. The van der Waals surface area contributed by atoms with Gasteiger partial charge < -0.3 is 12.4 Å². The zero-order valence-electron chi connectivity index (χ0n) is 5.81. The summed E-state index contributed by atoms with van der Waals surface area (Å²) < 4.78 is 61.9. The van der Waals surface area contributed by atoms with Gasteiger partial charge >= 0.3 is 6.18 Å². The van der Waals surface area contributed by atoms with Crippen LogP contribution in [0.25, 0.3) is 0 Å². The van der Waals surface area contributed by atoms with E-state index in [0.29, 0.717) is 0 Å². The van der Waals surface area contributed by atoms with Crippen LogP contribution in [0.3, 0.4) is 0 Å². The van der Waals surface area contributed by atoms with Gasteiger partial charge in [0.1, 0.15) is 0 Å². The normalized spacial score (nSPS) is 12.3. The molecule has 0 aromatic carbocycles. The first-order valence-electron chi connectivity index (χ1n) is 2.73. The second kappa shape index (κ2) is 4.88. The van der Waals surface area contributed by atoms with Crippen LogP contribution in [0, 0.1) is 0 Å². The molecule has 0 amide bonds. The topological polar surface area (TPSA) is 54.4 Å². The number of rotatable bonds is 3. The summed E-state index contributed by atoms with van der Waals surface area (Å²) in [6.45, 7) is 0. The Morgan fingerprint density at radius 3 is 1.92 bits per heavy atom. The van der Waals surface area contributed by atoms with E-state index in [2.05, 4.69) is 0 Å². The number of halogens is 4. The highest BCUT2D eigenvalue weighted by molar-refractivity contribution is 7.85. The second-order valence-corrected chi connectivity index (χ2v) is 3.58. The maximum atomic E-state index is 11.4. The molecule has 0 aromatic rings. The van der Waals surface area contributed by atoms with Crippen molar-refractivity contribution in [1.29, 1.82) is 0 Å². The van der Waals surface area contributed by atoms with Crippen LogP contribution in [-0.2, 0) is 10.1 Å². The third kappa shape index (κ3) is 12.6. The summed E-state index contributed by atoms with van der Waals surface area (Å²) in [4.78, 5) is 0. The summed E-state index contributed by atoms with van der Waals surface area (Å²) in [6.07, 6.45) is -6.14. The van der Waals surface area contributed by atoms with E-state index >= 15 is 0 Å². The minimum absolute atomic E-state index is 0. The summed E-state index contributed by atoms with van der Waals surface area (Å²) in [5.74, 6) is -0.841. The van der Waals surface area contributed by atoms with Crippen molar-refractivity contribution in [2.45, 2.75) is 19.0 Å². The third-order valence-electron chi connectivity index (χ3n) is 0.863. The van der Waals surface area contributed by atoms with Crippen LogP contribution in [0.5, 0.6) is 0 Å². The summed E-state index contributed by atoms with van der Waals surface area (Å²) >= 11 is 0. The van der Waals surface area contributed by atoms with E-state index in [-0.39, 0.29) is 12.4 Å². The van der Waals surface area contributed by atoms with E-state index in [1.807, 2.05) is 0 Å². The Labute approximate surface area is 74.1 Å². The summed E-state index contributed by atoms with van der Waals surface area (Å²) in [5.41, 5.74) is 0. The lowest BCUT2D eigenvalue weighted by atomic mass is 10.3. The molecular weight excluding hydrogens is 221 g/mol. The molecule has 0 spiro atoms. The van der Waals surface area contributed by atoms with Crippen LogP contribution in [0.15, 0.2) is 0 Å². The van der Waals surface area contributed by atoms with Gasteiger partial charge in [0.25, 0.3) is 10.1 Å². The van der Waals surface area contributed by atoms with E-state index in [0.717, 1.165) is 0 Å². The van der Waals surface area contributed by atoms with Crippen molar-refractivity contribution in [2.24, 2.45) is 0 Å². The largest absolute Gasteiger partial charge is 1.00 e. The molecule has 12 heavy (non-hydrogen) atoms. The number of hydrogen-bond donors (Lipinski definition) is 1. The molecule has 0 fully saturated rings.